The lowest BCUT2D eigenvalue weighted by molar-refractivity contribution is 0.603. The summed E-state index contributed by atoms with van der Waals surface area (Å²) in [4.78, 5) is 0.684. The molecule has 4 nitrogen and oxygen atoms in total. The van der Waals surface area contributed by atoms with Gasteiger partial charge >= 0.3 is 0 Å². The molecule has 20 heavy (non-hydrogen) atoms. The quantitative estimate of drug-likeness (QED) is 0.812. The molecule has 9 heteroatoms. The molecule has 0 atom stereocenters. The molecule has 3 N–H and O–H groups in total. The van der Waals surface area contributed by atoms with Crippen molar-refractivity contribution in [2.45, 2.75) is 4.21 Å². The molecular formula is C11H8Cl2N2O2S3. The van der Waals surface area contributed by atoms with Gasteiger partial charge in [0, 0.05) is 5.02 Å². The van der Waals surface area contributed by atoms with Gasteiger partial charge < -0.3 is 5.73 Å². The maximum Gasteiger partial charge on any atom is 0.271 e. The summed E-state index contributed by atoms with van der Waals surface area (Å²) in [6.07, 6.45) is 0. The van der Waals surface area contributed by atoms with Crippen molar-refractivity contribution >= 4 is 67.5 Å². The summed E-state index contributed by atoms with van der Waals surface area (Å²) in [6.45, 7) is 0. The van der Waals surface area contributed by atoms with E-state index in [0.717, 1.165) is 11.3 Å². The van der Waals surface area contributed by atoms with E-state index < -0.39 is 10.0 Å². The highest BCUT2D eigenvalue weighted by Gasteiger charge is 2.19. The fourth-order valence-corrected chi connectivity index (χ4v) is 4.31. The molecule has 0 bridgehead atoms. The van der Waals surface area contributed by atoms with Crippen LogP contribution in [0.4, 0.5) is 5.69 Å². The van der Waals surface area contributed by atoms with Gasteiger partial charge in [-0.25, -0.2) is 8.42 Å². The van der Waals surface area contributed by atoms with Gasteiger partial charge in [-0.1, -0.05) is 35.4 Å². The van der Waals surface area contributed by atoms with Crippen LogP contribution >= 0.6 is 46.8 Å². The number of benzene rings is 1. The summed E-state index contributed by atoms with van der Waals surface area (Å²) in [5.41, 5.74) is 5.71. The molecule has 0 unspecified atom stereocenters. The van der Waals surface area contributed by atoms with Crippen LogP contribution in [0.2, 0.25) is 10.0 Å². The van der Waals surface area contributed by atoms with E-state index in [2.05, 4.69) is 4.72 Å². The van der Waals surface area contributed by atoms with Gasteiger partial charge in [0.15, 0.2) is 0 Å². The van der Waals surface area contributed by atoms with E-state index in [1.165, 1.54) is 18.2 Å². The summed E-state index contributed by atoms with van der Waals surface area (Å²) in [5, 5.41) is 0.636. The normalized spacial score (nSPS) is 11.3. The molecule has 0 radical (unpaired) electrons. The summed E-state index contributed by atoms with van der Waals surface area (Å²) in [7, 11) is -3.74. The first-order chi connectivity index (χ1) is 9.29. The van der Waals surface area contributed by atoms with Crippen LogP contribution in [-0.4, -0.2) is 13.4 Å². The Morgan fingerprint density at radius 1 is 1.25 bits per heavy atom. The fraction of sp³-hybridized carbons (Fsp3) is 0. The fourth-order valence-electron chi connectivity index (χ4n) is 1.36. The molecule has 1 heterocycles. The van der Waals surface area contributed by atoms with E-state index in [0.29, 0.717) is 9.90 Å². The summed E-state index contributed by atoms with van der Waals surface area (Å²) < 4.78 is 26.9. The Labute approximate surface area is 135 Å². The number of hydrogen-bond donors (Lipinski definition) is 2. The SMILES string of the molecule is NC(=S)c1ccc(S(=O)(=O)Nc2ccc(Cl)cc2Cl)s1. The Hall–Kier alpha value is -0.860. The van der Waals surface area contributed by atoms with Gasteiger partial charge in [0.1, 0.15) is 9.20 Å². The number of nitrogens with two attached hydrogens (primary N) is 1. The molecule has 0 saturated heterocycles. The van der Waals surface area contributed by atoms with Gasteiger partial charge in [0.2, 0.25) is 0 Å². The molecule has 1 aromatic carbocycles. The van der Waals surface area contributed by atoms with Crippen molar-refractivity contribution in [1.29, 1.82) is 0 Å². The lowest BCUT2D eigenvalue weighted by atomic mass is 10.3. The van der Waals surface area contributed by atoms with Crippen molar-refractivity contribution in [3.63, 3.8) is 0 Å². The van der Waals surface area contributed by atoms with Crippen LogP contribution in [0.5, 0.6) is 0 Å². The number of sulfonamides is 1. The van der Waals surface area contributed by atoms with Crippen LogP contribution in [0, 0.1) is 0 Å². The van der Waals surface area contributed by atoms with Crippen molar-refractivity contribution in [2.24, 2.45) is 5.73 Å². The van der Waals surface area contributed by atoms with Crippen LogP contribution < -0.4 is 10.5 Å². The third-order valence-corrected chi connectivity index (χ3v) is 6.14. The molecule has 0 aliphatic heterocycles. The second kappa shape index (κ2) is 5.87. The van der Waals surface area contributed by atoms with Gasteiger partial charge in [-0.05, 0) is 30.3 Å². The number of thiocarbonyl (C=S) groups is 1. The van der Waals surface area contributed by atoms with Crippen molar-refractivity contribution in [2.75, 3.05) is 4.72 Å². The first kappa shape index (κ1) is 15.5. The topological polar surface area (TPSA) is 72.2 Å². The van der Waals surface area contributed by atoms with E-state index in [1.807, 2.05) is 0 Å². The van der Waals surface area contributed by atoms with Crippen molar-refractivity contribution in [1.82, 2.24) is 0 Å². The van der Waals surface area contributed by atoms with Gasteiger partial charge in [0.05, 0.1) is 15.6 Å². The Kier molecular flexibility index (Phi) is 4.55. The average Bonchev–Trinajstić information content (AvgIpc) is 2.83. The molecule has 0 aliphatic carbocycles. The highest BCUT2D eigenvalue weighted by Crippen LogP contribution is 2.29. The number of rotatable bonds is 4. The zero-order valence-corrected chi connectivity index (χ0v) is 13.7. The number of anilines is 1. The van der Waals surface area contributed by atoms with Gasteiger partial charge in [0.25, 0.3) is 10.0 Å². The van der Waals surface area contributed by atoms with E-state index >= 15 is 0 Å². The minimum Gasteiger partial charge on any atom is -0.389 e. The lowest BCUT2D eigenvalue weighted by Gasteiger charge is -2.08. The first-order valence-electron chi connectivity index (χ1n) is 5.17. The number of hydrogen-bond acceptors (Lipinski definition) is 4. The third kappa shape index (κ3) is 3.42. The van der Waals surface area contributed by atoms with Crippen LogP contribution in [0.15, 0.2) is 34.5 Å². The van der Waals surface area contributed by atoms with Crippen LogP contribution in [0.3, 0.4) is 0 Å². The highest BCUT2D eigenvalue weighted by molar-refractivity contribution is 7.94. The minimum absolute atomic E-state index is 0.103. The molecular weight excluding hydrogens is 359 g/mol. The third-order valence-electron chi connectivity index (χ3n) is 2.26. The molecule has 0 fully saturated rings. The molecule has 106 valence electrons. The Morgan fingerprint density at radius 2 is 1.95 bits per heavy atom. The van der Waals surface area contributed by atoms with Crippen molar-refractivity contribution < 1.29 is 8.42 Å². The van der Waals surface area contributed by atoms with E-state index in [4.69, 9.17) is 41.2 Å². The minimum atomic E-state index is -3.74. The molecule has 0 amide bonds. The molecule has 0 aliphatic rings. The van der Waals surface area contributed by atoms with E-state index in [1.54, 1.807) is 12.1 Å². The molecule has 2 aromatic rings. The predicted octanol–water partition coefficient (Wildman–Crippen LogP) is 3.49. The smallest absolute Gasteiger partial charge is 0.271 e. The van der Waals surface area contributed by atoms with Gasteiger partial charge in [-0.2, -0.15) is 0 Å². The van der Waals surface area contributed by atoms with Crippen LogP contribution in [0.25, 0.3) is 0 Å². The largest absolute Gasteiger partial charge is 0.389 e. The van der Waals surface area contributed by atoms with Crippen molar-refractivity contribution in [3.05, 3.63) is 45.3 Å². The zero-order chi connectivity index (χ0) is 14.9. The van der Waals surface area contributed by atoms with Crippen LogP contribution in [0.1, 0.15) is 4.88 Å². The molecule has 2 rings (SSSR count). The second-order valence-electron chi connectivity index (χ2n) is 3.71. The van der Waals surface area contributed by atoms with E-state index in [-0.39, 0.29) is 19.9 Å². The standard InChI is InChI=1S/C11H8Cl2N2O2S3/c12-6-1-2-8(7(13)5-6)15-20(16,17)10-4-3-9(19-10)11(14)18/h1-5,15H,(H2,14,18). The predicted molar refractivity (Wildman–Crippen MR) is 87.5 cm³/mol. The number of nitrogens with one attached hydrogen (secondary N) is 1. The highest BCUT2D eigenvalue weighted by atomic mass is 35.5. The van der Waals surface area contributed by atoms with Gasteiger partial charge in [-0.15, -0.1) is 11.3 Å². The second-order valence-corrected chi connectivity index (χ2v) is 7.99. The molecule has 0 spiro atoms. The maximum atomic E-state index is 12.2. The lowest BCUT2D eigenvalue weighted by Crippen LogP contribution is -2.12. The molecule has 0 saturated carbocycles. The number of halogens is 2. The summed E-state index contributed by atoms with van der Waals surface area (Å²) in [5.74, 6) is 0. The Morgan fingerprint density at radius 3 is 2.50 bits per heavy atom. The monoisotopic (exact) mass is 366 g/mol. The van der Waals surface area contributed by atoms with Crippen molar-refractivity contribution in [3.8, 4) is 0 Å². The average molecular weight is 367 g/mol. The maximum absolute atomic E-state index is 12.2. The Bertz CT molecular complexity index is 772. The Balaban J connectivity index is 2.33. The zero-order valence-electron chi connectivity index (χ0n) is 9.76. The first-order valence-corrected chi connectivity index (χ1v) is 8.63. The van der Waals surface area contributed by atoms with Gasteiger partial charge in [-0.3, -0.25) is 4.72 Å². The van der Waals surface area contributed by atoms with Crippen LogP contribution in [-0.2, 0) is 10.0 Å². The summed E-state index contributed by atoms with van der Waals surface area (Å²) >= 11 is 17.5. The number of thiophene rings is 1. The molecule has 1 aromatic heterocycles. The summed E-state index contributed by atoms with van der Waals surface area (Å²) in [6, 6.07) is 7.48. The van der Waals surface area contributed by atoms with E-state index in [9.17, 15) is 8.42 Å².